The van der Waals surface area contributed by atoms with Crippen molar-refractivity contribution in [3.63, 3.8) is 0 Å². The summed E-state index contributed by atoms with van der Waals surface area (Å²) < 4.78 is 0.895. The lowest BCUT2D eigenvalue weighted by atomic mass is 9.92. The van der Waals surface area contributed by atoms with Gasteiger partial charge in [0, 0.05) is 16.5 Å². The summed E-state index contributed by atoms with van der Waals surface area (Å²) in [5, 5.41) is 9.35. The zero-order chi connectivity index (χ0) is 16.7. The van der Waals surface area contributed by atoms with Gasteiger partial charge in [0.1, 0.15) is 0 Å². The summed E-state index contributed by atoms with van der Waals surface area (Å²) in [6.07, 6.45) is 2.14. The number of ketones is 1. The Balaban J connectivity index is 1.89. The van der Waals surface area contributed by atoms with Gasteiger partial charge < -0.3 is 5.11 Å². The highest BCUT2D eigenvalue weighted by molar-refractivity contribution is 9.10. The fourth-order valence-electron chi connectivity index (χ4n) is 2.49. The van der Waals surface area contributed by atoms with Gasteiger partial charge in [-0.2, -0.15) is 0 Å². The maximum absolute atomic E-state index is 12.2. The Bertz CT molecular complexity index is 650. The summed E-state index contributed by atoms with van der Waals surface area (Å²) in [4.78, 5) is 23.6. The standard InChI is InChI=1S/C19H19BrO3/c20-17-11-9-15(10-12-17)18(21)13-16(19(22)23)8-4-7-14-5-2-1-3-6-14/h1-3,5-6,9-12,16H,4,7-8,13H2,(H,22,23). The van der Waals surface area contributed by atoms with Gasteiger partial charge in [0.05, 0.1) is 5.92 Å². The summed E-state index contributed by atoms with van der Waals surface area (Å²) in [5.41, 5.74) is 1.75. The molecule has 2 aromatic carbocycles. The number of aryl methyl sites for hydroxylation is 1. The van der Waals surface area contributed by atoms with Crippen LogP contribution in [0.1, 0.15) is 35.2 Å². The average molecular weight is 375 g/mol. The minimum absolute atomic E-state index is 0.0474. The number of hydrogen-bond donors (Lipinski definition) is 1. The van der Waals surface area contributed by atoms with Gasteiger partial charge in [0.2, 0.25) is 0 Å². The first kappa shape index (κ1) is 17.4. The first-order chi connectivity index (χ1) is 11.1. The Morgan fingerprint density at radius 3 is 2.26 bits per heavy atom. The van der Waals surface area contributed by atoms with Gasteiger partial charge in [-0.3, -0.25) is 9.59 Å². The highest BCUT2D eigenvalue weighted by Crippen LogP contribution is 2.19. The Kier molecular flexibility index (Phi) is 6.53. The molecule has 0 radical (unpaired) electrons. The zero-order valence-corrected chi connectivity index (χ0v) is 14.3. The SMILES string of the molecule is O=C(CC(CCCc1ccccc1)C(=O)O)c1ccc(Br)cc1. The number of rotatable bonds is 8. The molecule has 1 atom stereocenters. The molecule has 0 aliphatic heterocycles. The number of halogens is 1. The summed E-state index contributed by atoms with van der Waals surface area (Å²) in [6.45, 7) is 0. The van der Waals surface area contributed by atoms with Crippen LogP contribution in [0.2, 0.25) is 0 Å². The van der Waals surface area contributed by atoms with E-state index in [1.165, 1.54) is 5.56 Å². The Morgan fingerprint density at radius 2 is 1.65 bits per heavy atom. The Hall–Kier alpha value is -1.94. The lowest BCUT2D eigenvalue weighted by Crippen LogP contribution is -2.18. The minimum atomic E-state index is -0.900. The van der Waals surface area contributed by atoms with E-state index in [4.69, 9.17) is 0 Å². The van der Waals surface area contributed by atoms with Crippen molar-refractivity contribution >= 4 is 27.7 Å². The molecule has 2 aromatic rings. The van der Waals surface area contributed by atoms with E-state index in [2.05, 4.69) is 15.9 Å². The smallest absolute Gasteiger partial charge is 0.306 e. The quantitative estimate of drug-likeness (QED) is 0.678. The van der Waals surface area contributed by atoms with E-state index in [0.717, 1.165) is 17.3 Å². The van der Waals surface area contributed by atoms with Crippen molar-refractivity contribution in [1.82, 2.24) is 0 Å². The number of carboxylic acids is 1. The molecule has 23 heavy (non-hydrogen) atoms. The second-order valence-electron chi connectivity index (χ2n) is 5.55. The minimum Gasteiger partial charge on any atom is -0.481 e. The molecule has 0 aliphatic rings. The maximum atomic E-state index is 12.2. The lowest BCUT2D eigenvalue weighted by Gasteiger charge is -2.11. The number of hydrogen-bond acceptors (Lipinski definition) is 2. The molecule has 0 aromatic heterocycles. The number of carbonyl (C=O) groups is 2. The molecule has 4 heteroatoms. The van der Waals surface area contributed by atoms with Gasteiger partial charge in [-0.05, 0) is 37.0 Å². The van der Waals surface area contributed by atoms with Crippen LogP contribution in [0, 0.1) is 5.92 Å². The molecule has 1 unspecified atom stereocenters. The largest absolute Gasteiger partial charge is 0.481 e. The second kappa shape index (κ2) is 8.63. The van der Waals surface area contributed by atoms with Gasteiger partial charge in [-0.1, -0.05) is 58.4 Å². The normalized spacial score (nSPS) is 11.9. The van der Waals surface area contributed by atoms with Crippen LogP contribution < -0.4 is 0 Å². The van der Waals surface area contributed by atoms with Crippen molar-refractivity contribution in [2.45, 2.75) is 25.7 Å². The lowest BCUT2D eigenvalue weighted by molar-refractivity contribution is -0.141. The van der Waals surface area contributed by atoms with E-state index in [-0.39, 0.29) is 12.2 Å². The van der Waals surface area contributed by atoms with E-state index in [1.807, 2.05) is 30.3 Å². The van der Waals surface area contributed by atoms with E-state index < -0.39 is 11.9 Å². The summed E-state index contributed by atoms with van der Waals surface area (Å²) in [7, 11) is 0. The van der Waals surface area contributed by atoms with E-state index >= 15 is 0 Å². The number of Topliss-reactive ketones (excluding diaryl/α,β-unsaturated/α-hetero) is 1. The predicted molar refractivity (Wildman–Crippen MR) is 93.6 cm³/mol. The molecule has 0 fully saturated rings. The predicted octanol–water partition coefficient (Wildman–Crippen LogP) is 4.75. The molecular weight excluding hydrogens is 356 g/mol. The highest BCUT2D eigenvalue weighted by atomic mass is 79.9. The molecule has 120 valence electrons. The van der Waals surface area contributed by atoms with Crippen LogP contribution in [0.15, 0.2) is 59.1 Å². The number of aliphatic carboxylic acids is 1. The van der Waals surface area contributed by atoms with Gasteiger partial charge in [-0.25, -0.2) is 0 Å². The third kappa shape index (κ3) is 5.64. The van der Waals surface area contributed by atoms with Crippen molar-refractivity contribution < 1.29 is 14.7 Å². The monoisotopic (exact) mass is 374 g/mol. The topological polar surface area (TPSA) is 54.4 Å². The number of carbonyl (C=O) groups excluding carboxylic acids is 1. The van der Waals surface area contributed by atoms with E-state index in [1.54, 1.807) is 24.3 Å². The summed E-state index contributed by atoms with van der Waals surface area (Å²) >= 11 is 3.32. The average Bonchev–Trinajstić information content (AvgIpc) is 2.55. The van der Waals surface area contributed by atoms with Crippen LogP contribution in [-0.2, 0) is 11.2 Å². The van der Waals surface area contributed by atoms with Crippen LogP contribution in [0.4, 0.5) is 0 Å². The molecule has 0 heterocycles. The van der Waals surface area contributed by atoms with Crippen molar-refractivity contribution in [3.05, 3.63) is 70.2 Å². The molecule has 0 spiro atoms. The van der Waals surface area contributed by atoms with E-state index in [0.29, 0.717) is 12.0 Å². The van der Waals surface area contributed by atoms with Gasteiger partial charge >= 0.3 is 5.97 Å². The molecular formula is C19H19BrO3. The highest BCUT2D eigenvalue weighted by Gasteiger charge is 2.21. The molecule has 1 N–H and O–H groups in total. The van der Waals surface area contributed by atoms with Crippen molar-refractivity contribution in [1.29, 1.82) is 0 Å². The third-order valence-corrected chi connectivity index (χ3v) is 4.34. The van der Waals surface area contributed by atoms with Gasteiger partial charge in [-0.15, -0.1) is 0 Å². The van der Waals surface area contributed by atoms with Crippen molar-refractivity contribution in [3.8, 4) is 0 Å². The molecule has 0 saturated carbocycles. The Morgan fingerprint density at radius 1 is 1.00 bits per heavy atom. The number of carboxylic acid groups (broad SMARTS) is 1. The Labute approximate surface area is 144 Å². The fraction of sp³-hybridized carbons (Fsp3) is 0.263. The fourth-order valence-corrected chi connectivity index (χ4v) is 2.75. The molecule has 0 amide bonds. The van der Waals surface area contributed by atoms with Crippen LogP contribution in [0.5, 0.6) is 0 Å². The zero-order valence-electron chi connectivity index (χ0n) is 12.7. The van der Waals surface area contributed by atoms with Crippen LogP contribution in [0.3, 0.4) is 0 Å². The molecule has 0 bridgehead atoms. The molecule has 0 aliphatic carbocycles. The molecule has 3 nitrogen and oxygen atoms in total. The van der Waals surface area contributed by atoms with Gasteiger partial charge in [0.15, 0.2) is 5.78 Å². The van der Waals surface area contributed by atoms with Crippen LogP contribution in [0.25, 0.3) is 0 Å². The number of benzene rings is 2. The van der Waals surface area contributed by atoms with Crippen molar-refractivity contribution in [2.24, 2.45) is 5.92 Å². The van der Waals surface area contributed by atoms with Crippen molar-refractivity contribution in [2.75, 3.05) is 0 Å². The maximum Gasteiger partial charge on any atom is 0.306 e. The first-order valence-electron chi connectivity index (χ1n) is 7.62. The second-order valence-corrected chi connectivity index (χ2v) is 6.46. The molecule has 0 saturated heterocycles. The van der Waals surface area contributed by atoms with Gasteiger partial charge in [0.25, 0.3) is 0 Å². The van der Waals surface area contributed by atoms with Crippen LogP contribution >= 0.6 is 15.9 Å². The van der Waals surface area contributed by atoms with E-state index in [9.17, 15) is 14.7 Å². The summed E-state index contributed by atoms with van der Waals surface area (Å²) in [6, 6.07) is 17.0. The molecule has 2 rings (SSSR count). The third-order valence-electron chi connectivity index (χ3n) is 3.81. The van der Waals surface area contributed by atoms with Crippen LogP contribution in [-0.4, -0.2) is 16.9 Å². The first-order valence-corrected chi connectivity index (χ1v) is 8.41. The summed E-state index contributed by atoms with van der Waals surface area (Å²) in [5.74, 6) is -1.65.